The minimum atomic E-state index is -3.13. The number of rotatable bonds is 6. The lowest BCUT2D eigenvalue weighted by Gasteiger charge is -2.35. The van der Waals surface area contributed by atoms with Gasteiger partial charge in [0.2, 0.25) is 0 Å². The molecule has 2 rings (SSSR count). The van der Waals surface area contributed by atoms with E-state index in [9.17, 15) is 8.42 Å². The molecule has 1 aliphatic rings. The van der Waals surface area contributed by atoms with Crippen LogP contribution in [0.3, 0.4) is 0 Å². The summed E-state index contributed by atoms with van der Waals surface area (Å²) in [7, 11) is -3.13. The normalized spacial score (nSPS) is 23.9. The molecule has 1 N–H and O–H groups in total. The number of ether oxygens (including phenoxy) is 1. The van der Waals surface area contributed by atoms with Gasteiger partial charge in [-0.05, 0) is 49.3 Å². The largest absolute Gasteiger partial charge is 0.378 e. The Labute approximate surface area is 140 Å². The van der Waals surface area contributed by atoms with Gasteiger partial charge in [0.1, 0.15) is 0 Å². The summed E-state index contributed by atoms with van der Waals surface area (Å²) in [6.45, 7) is 8.36. The molecule has 0 radical (unpaired) electrons. The van der Waals surface area contributed by atoms with Crippen LogP contribution in [-0.2, 0) is 14.6 Å². The maximum absolute atomic E-state index is 11.5. The molecule has 0 aromatic heterocycles. The standard InChI is InChI=1S/C18H29NO3S/c1-13(2)18-16(6-5-11-22-18)12-19-14(3)15-7-9-17(10-8-15)23(4,20)21/h7-10,13-14,16,18-19H,5-6,11-12H2,1-4H3/t14-,16+,18-/m0/s1. The van der Waals surface area contributed by atoms with Gasteiger partial charge in [0.15, 0.2) is 9.84 Å². The van der Waals surface area contributed by atoms with Crippen molar-refractivity contribution < 1.29 is 13.2 Å². The third kappa shape index (κ3) is 5.03. The fraction of sp³-hybridized carbons (Fsp3) is 0.667. The lowest BCUT2D eigenvalue weighted by atomic mass is 9.87. The van der Waals surface area contributed by atoms with Crippen molar-refractivity contribution in [2.75, 3.05) is 19.4 Å². The summed E-state index contributed by atoms with van der Waals surface area (Å²) in [4.78, 5) is 0.369. The molecule has 0 saturated carbocycles. The molecular formula is C18H29NO3S. The zero-order valence-corrected chi connectivity index (χ0v) is 15.4. The number of hydrogen-bond donors (Lipinski definition) is 1. The van der Waals surface area contributed by atoms with Gasteiger partial charge in [-0.1, -0.05) is 26.0 Å². The van der Waals surface area contributed by atoms with Crippen molar-refractivity contribution in [2.24, 2.45) is 11.8 Å². The molecule has 1 aromatic carbocycles. The molecule has 0 amide bonds. The van der Waals surface area contributed by atoms with Crippen LogP contribution in [0.1, 0.15) is 45.2 Å². The van der Waals surface area contributed by atoms with Gasteiger partial charge in [-0.2, -0.15) is 0 Å². The number of hydrogen-bond acceptors (Lipinski definition) is 4. The maximum atomic E-state index is 11.5. The van der Waals surface area contributed by atoms with Crippen LogP contribution >= 0.6 is 0 Å². The van der Waals surface area contributed by atoms with E-state index in [4.69, 9.17) is 4.74 Å². The lowest BCUT2D eigenvalue weighted by Crippen LogP contribution is -2.40. The Hall–Kier alpha value is -0.910. The predicted molar refractivity (Wildman–Crippen MR) is 93.3 cm³/mol. The summed E-state index contributed by atoms with van der Waals surface area (Å²) < 4.78 is 29.0. The SMILES string of the molecule is CC(C)[C@@H]1OCCC[C@@H]1CN[C@@H](C)c1ccc(S(C)(=O)=O)cc1. The van der Waals surface area contributed by atoms with E-state index in [2.05, 4.69) is 26.1 Å². The van der Waals surface area contributed by atoms with Crippen LogP contribution in [0.4, 0.5) is 0 Å². The molecular weight excluding hydrogens is 310 g/mol. The molecule has 23 heavy (non-hydrogen) atoms. The molecule has 1 fully saturated rings. The van der Waals surface area contributed by atoms with Gasteiger partial charge in [0.25, 0.3) is 0 Å². The third-order valence-corrected chi connectivity index (χ3v) is 5.77. The van der Waals surface area contributed by atoms with Gasteiger partial charge in [-0.15, -0.1) is 0 Å². The van der Waals surface area contributed by atoms with Crippen LogP contribution in [-0.4, -0.2) is 33.9 Å². The van der Waals surface area contributed by atoms with Crippen LogP contribution in [0, 0.1) is 11.8 Å². The summed E-state index contributed by atoms with van der Waals surface area (Å²) in [5, 5.41) is 3.58. The number of nitrogens with one attached hydrogen (secondary N) is 1. The van der Waals surface area contributed by atoms with Crippen molar-refractivity contribution in [1.82, 2.24) is 5.32 Å². The first-order valence-electron chi connectivity index (χ1n) is 8.44. The Kier molecular flexibility index (Phi) is 6.23. The zero-order valence-electron chi connectivity index (χ0n) is 14.6. The Balaban J connectivity index is 1.95. The van der Waals surface area contributed by atoms with Crippen molar-refractivity contribution in [2.45, 2.75) is 50.7 Å². The zero-order chi connectivity index (χ0) is 17.0. The first kappa shape index (κ1) is 18.4. The quantitative estimate of drug-likeness (QED) is 0.865. The van der Waals surface area contributed by atoms with Crippen LogP contribution in [0.15, 0.2) is 29.2 Å². The van der Waals surface area contributed by atoms with Crippen molar-refractivity contribution in [3.63, 3.8) is 0 Å². The van der Waals surface area contributed by atoms with Crippen molar-refractivity contribution in [3.05, 3.63) is 29.8 Å². The molecule has 1 aromatic rings. The van der Waals surface area contributed by atoms with Gasteiger partial charge in [0.05, 0.1) is 11.0 Å². The minimum Gasteiger partial charge on any atom is -0.378 e. The fourth-order valence-electron chi connectivity index (χ4n) is 3.27. The van der Waals surface area contributed by atoms with Crippen molar-refractivity contribution in [3.8, 4) is 0 Å². The molecule has 3 atom stereocenters. The highest BCUT2D eigenvalue weighted by Crippen LogP contribution is 2.26. The minimum absolute atomic E-state index is 0.193. The van der Waals surface area contributed by atoms with Crippen LogP contribution in [0.2, 0.25) is 0 Å². The highest BCUT2D eigenvalue weighted by molar-refractivity contribution is 7.90. The summed E-state index contributed by atoms with van der Waals surface area (Å²) in [5.74, 6) is 1.08. The lowest BCUT2D eigenvalue weighted by molar-refractivity contribution is -0.0521. The van der Waals surface area contributed by atoms with Crippen LogP contribution in [0.25, 0.3) is 0 Å². The van der Waals surface area contributed by atoms with E-state index >= 15 is 0 Å². The van der Waals surface area contributed by atoms with Gasteiger partial charge < -0.3 is 10.1 Å². The first-order chi connectivity index (χ1) is 10.8. The number of sulfone groups is 1. The van der Waals surface area contributed by atoms with Crippen molar-refractivity contribution >= 4 is 9.84 Å². The van der Waals surface area contributed by atoms with E-state index in [0.717, 1.165) is 25.1 Å². The second kappa shape index (κ2) is 7.77. The molecule has 0 aliphatic carbocycles. The monoisotopic (exact) mass is 339 g/mol. The Morgan fingerprint density at radius 2 is 1.87 bits per heavy atom. The molecule has 0 bridgehead atoms. The Morgan fingerprint density at radius 1 is 1.22 bits per heavy atom. The number of benzene rings is 1. The molecule has 130 valence electrons. The summed E-state index contributed by atoms with van der Waals surface area (Å²) >= 11 is 0. The van der Waals surface area contributed by atoms with Crippen LogP contribution in [0.5, 0.6) is 0 Å². The molecule has 4 nitrogen and oxygen atoms in total. The average Bonchev–Trinajstić information content (AvgIpc) is 2.52. The summed E-state index contributed by atoms with van der Waals surface area (Å²) in [6.07, 6.45) is 3.90. The third-order valence-electron chi connectivity index (χ3n) is 4.65. The predicted octanol–water partition coefficient (Wildman–Crippen LogP) is 3.19. The topological polar surface area (TPSA) is 55.4 Å². The Bertz CT molecular complexity index is 595. The van der Waals surface area contributed by atoms with Crippen LogP contribution < -0.4 is 5.32 Å². The van der Waals surface area contributed by atoms with E-state index in [-0.39, 0.29) is 6.04 Å². The molecule has 1 aliphatic heterocycles. The summed E-state index contributed by atoms with van der Waals surface area (Å²) in [6, 6.07) is 7.35. The maximum Gasteiger partial charge on any atom is 0.175 e. The van der Waals surface area contributed by atoms with Gasteiger partial charge in [-0.25, -0.2) is 8.42 Å². The Morgan fingerprint density at radius 3 is 2.43 bits per heavy atom. The summed E-state index contributed by atoms with van der Waals surface area (Å²) in [5.41, 5.74) is 1.11. The van der Waals surface area contributed by atoms with E-state index in [0.29, 0.717) is 22.8 Å². The average molecular weight is 340 g/mol. The van der Waals surface area contributed by atoms with Gasteiger partial charge >= 0.3 is 0 Å². The van der Waals surface area contributed by atoms with E-state index in [1.54, 1.807) is 12.1 Å². The molecule has 0 unspecified atom stereocenters. The smallest absolute Gasteiger partial charge is 0.175 e. The second-order valence-electron chi connectivity index (χ2n) is 6.95. The fourth-order valence-corrected chi connectivity index (χ4v) is 3.90. The van der Waals surface area contributed by atoms with Crippen molar-refractivity contribution in [1.29, 1.82) is 0 Å². The molecule has 1 saturated heterocycles. The second-order valence-corrected chi connectivity index (χ2v) is 8.97. The molecule has 1 heterocycles. The van der Waals surface area contributed by atoms with Gasteiger partial charge in [0, 0.05) is 25.4 Å². The highest BCUT2D eigenvalue weighted by Gasteiger charge is 2.28. The van der Waals surface area contributed by atoms with E-state index in [1.807, 2.05) is 12.1 Å². The van der Waals surface area contributed by atoms with E-state index < -0.39 is 9.84 Å². The van der Waals surface area contributed by atoms with Gasteiger partial charge in [-0.3, -0.25) is 0 Å². The van der Waals surface area contributed by atoms with E-state index in [1.165, 1.54) is 12.7 Å². The molecule has 5 heteroatoms. The molecule has 0 spiro atoms. The first-order valence-corrected chi connectivity index (χ1v) is 10.3. The highest BCUT2D eigenvalue weighted by atomic mass is 32.2.